The summed E-state index contributed by atoms with van der Waals surface area (Å²) in [6.07, 6.45) is 10.5. The summed E-state index contributed by atoms with van der Waals surface area (Å²) in [4.78, 5) is 18.6. The van der Waals surface area contributed by atoms with Crippen LogP contribution in [0.4, 0.5) is 0 Å². The van der Waals surface area contributed by atoms with Crippen LogP contribution in [0.3, 0.4) is 0 Å². The van der Waals surface area contributed by atoms with Crippen molar-refractivity contribution in [3.8, 4) is 0 Å². The number of rotatable bonds is 3. The minimum absolute atomic E-state index is 0.134. The van der Waals surface area contributed by atoms with Crippen LogP contribution >= 0.6 is 0 Å². The molecule has 114 valence electrons. The number of aliphatic hydroxyl groups excluding tert-OH is 1. The number of aliphatic hydroxyl groups is 1. The Hall–Kier alpha value is -1.42. The Bertz CT molecular complexity index is 471. The zero-order valence-electron chi connectivity index (χ0n) is 12.4. The van der Waals surface area contributed by atoms with Gasteiger partial charge >= 0.3 is 0 Å². The molecule has 2 heterocycles. The van der Waals surface area contributed by atoms with E-state index in [9.17, 15) is 9.90 Å². The molecule has 0 unspecified atom stereocenters. The Balaban J connectivity index is 1.67. The number of hydrogen-bond acceptors (Lipinski definition) is 3. The fraction of sp³-hybridized carbons (Fsp3) is 0.647. The predicted molar refractivity (Wildman–Crippen MR) is 80.6 cm³/mol. The second kappa shape index (κ2) is 6.56. The molecule has 2 aliphatic rings. The Morgan fingerprint density at radius 2 is 2.14 bits per heavy atom. The van der Waals surface area contributed by atoms with Crippen LogP contribution in [0.1, 0.15) is 44.1 Å². The molecule has 1 aliphatic carbocycles. The molecule has 1 N–H and O–H groups in total. The highest BCUT2D eigenvalue weighted by molar-refractivity contribution is 5.79. The van der Waals surface area contributed by atoms with Gasteiger partial charge in [-0.15, -0.1) is 0 Å². The zero-order valence-corrected chi connectivity index (χ0v) is 12.4. The van der Waals surface area contributed by atoms with Crippen molar-refractivity contribution in [1.29, 1.82) is 0 Å². The standard InChI is InChI=1S/C17H24N2O2/c20-15-10-16(14-6-2-1-3-7-14)19(12-15)17(21)9-13-5-4-8-18-11-13/h4-5,8,11,14-16,20H,1-3,6-7,9-10,12H2/t15-,16-/m0/s1. The predicted octanol–water partition coefficient (Wildman–Crippen LogP) is 2.17. The third-order valence-electron chi connectivity index (χ3n) is 4.91. The highest BCUT2D eigenvalue weighted by Crippen LogP contribution is 2.34. The molecule has 3 rings (SSSR count). The lowest BCUT2D eigenvalue weighted by Crippen LogP contribution is -2.41. The number of aromatic nitrogens is 1. The molecule has 2 fully saturated rings. The Morgan fingerprint density at radius 3 is 2.86 bits per heavy atom. The monoisotopic (exact) mass is 288 g/mol. The average molecular weight is 288 g/mol. The molecular weight excluding hydrogens is 264 g/mol. The van der Waals surface area contributed by atoms with E-state index in [1.54, 1.807) is 12.4 Å². The highest BCUT2D eigenvalue weighted by Gasteiger charge is 2.38. The van der Waals surface area contributed by atoms with Gasteiger partial charge in [0.05, 0.1) is 12.5 Å². The maximum Gasteiger partial charge on any atom is 0.227 e. The molecule has 1 aromatic rings. The van der Waals surface area contributed by atoms with E-state index < -0.39 is 0 Å². The summed E-state index contributed by atoms with van der Waals surface area (Å²) in [6.45, 7) is 0.500. The molecule has 4 nitrogen and oxygen atoms in total. The topological polar surface area (TPSA) is 53.4 Å². The Labute approximate surface area is 126 Å². The maximum absolute atomic E-state index is 12.6. The Kier molecular flexibility index (Phi) is 4.54. The van der Waals surface area contributed by atoms with Crippen molar-refractivity contribution in [2.75, 3.05) is 6.54 Å². The van der Waals surface area contributed by atoms with Crippen LogP contribution in [-0.4, -0.2) is 39.6 Å². The number of β-amino-alcohol motifs (C(OH)–C–C–N with tert-alkyl or cyclic N) is 1. The summed E-state index contributed by atoms with van der Waals surface area (Å²) in [7, 11) is 0. The third-order valence-corrected chi connectivity index (χ3v) is 4.91. The van der Waals surface area contributed by atoms with Crippen molar-refractivity contribution in [1.82, 2.24) is 9.88 Å². The number of amides is 1. The van der Waals surface area contributed by atoms with Crippen LogP contribution in [0.5, 0.6) is 0 Å². The minimum Gasteiger partial charge on any atom is -0.391 e. The van der Waals surface area contributed by atoms with E-state index in [4.69, 9.17) is 0 Å². The molecule has 1 aliphatic heterocycles. The molecule has 0 aromatic carbocycles. The van der Waals surface area contributed by atoms with E-state index >= 15 is 0 Å². The normalized spacial score (nSPS) is 27.0. The van der Waals surface area contributed by atoms with Crippen LogP contribution in [0.15, 0.2) is 24.5 Å². The molecule has 0 bridgehead atoms. The zero-order chi connectivity index (χ0) is 14.7. The van der Waals surface area contributed by atoms with E-state index in [1.165, 1.54) is 32.1 Å². The molecular formula is C17H24N2O2. The van der Waals surface area contributed by atoms with Gasteiger partial charge in [-0.2, -0.15) is 0 Å². The lowest BCUT2D eigenvalue weighted by Gasteiger charge is -2.33. The van der Waals surface area contributed by atoms with Gasteiger partial charge in [0.15, 0.2) is 0 Å². The van der Waals surface area contributed by atoms with Gasteiger partial charge in [-0.1, -0.05) is 25.3 Å². The smallest absolute Gasteiger partial charge is 0.227 e. The minimum atomic E-state index is -0.352. The average Bonchev–Trinajstić information content (AvgIpc) is 2.91. The van der Waals surface area contributed by atoms with Crippen molar-refractivity contribution in [2.45, 2.75) is 57.1 Å². The first-order chi connectivity index (χ1) is 10.2. The number of carbonyl (C=O) groups is 1. The van der Waals surface area contributed by atoms with Gasteiger partial charge in [-0.05, 0) is 36.8 Å². The lowest BCUT2D eigenvalue weighted by atomic mass is 9.82. The number of pyridine rings is 1. The highest BCUT2D eigenvalue weighted by atomic mass is 16.3. The summed E-state index contributed by atoms with van der Waals surface area (Å²) in [5, 5.41) is 10.0. The van der Waals surface area contributed by atoms with Crippen LogP contribution < -0.4 is 0 Å². The van der Waals surface area contributed by atoms with E-state index in [0.717, 1.165) is 12.0 Å². The van der Waals surface area contributed by atoms with Crippen molar-refractivity contribution in [3.63, 3.8) is 0 Å². The van der Waals surface area contributed by atoms with Gasteiger partial charge in [0.1, 0.15) is 0 Å². The van der Waals surface area contributed by atoms with Crippen LogP contribution in [0.2, 0.25) is 0 Å². The summed E-state index contributed by atoms with van der Waals surface area (Å²) < 4.78 is 0. The molecule has 1 aromatic heterocycles. The summed E-state index contributed by atoms with van der Waals surface area (Å²) in [5.74, 6) is 0.712. The van der Waals surface area contributed by atoms with Crippen molar-refractivity contribution in [3.05, 3.63) is 30.1 Å². The first-order valence-corrected chi connectivity index (χ1v) is 8.10. The quantitative estimate of drug-likeness (QED) is 0.927. The Morgan fingerprint density at radius 1 is 1.33 bits per heavy atom. The summed E-state index contributed by atoms with van der Waals surface area (Å²) in [6, 6.07) is 4.04. The molecule has 2 atom stereocenters. The fourth-order valence-electron chi connectivity index (χ4n) is 3.87. The molecule has 1 amide bonds. The van der Waals surface area contributed by atoms with Crippen molar-refractivity contribution in [2.24, 2.45) is 5.92 Å². The van der Waals surface area contributed by atoms with Crippen LogP contribution in [-0.2, 0) is 11.2 Å². The second-order valence-electron chi connectivity index (χ2n) is 6.44. The molecule has 4 heteroatoms. The molecule has 1 saturated heterocycles. The molecule has 0 spiro atoms. The SMILES string of the molecule is O=C(Cc1cccnc1)N1C[C@@H](O)C[C@H]1C1CCCCC1. The van der Waals surface area contributed by atoms with Gasteiger partial charge in [-0.3, -0.25) is 9.78 Å². The van der Waals surface area contributed by atoms with Gasteiger partial charge in [0.25, 0.3) is 0 Å². The second-order valence-corrected chi connectivity index (χ2v) is 6.44. The number of carbonyl (C=O) groups excluding carboxylic acids is 1. The number of hydrogen-bond donors (Lipinski definition) is 1. The van der Waals surface area contributed by atoms with Crippen LogP contribution in [0.25, 0.3) is 0 Å². The molecule has 21 heavy (non-hydrogen) atoms. The third kappa shape index (κ3) is 3.43. The maximum atomic E-state index is 12.6. The van der Waals surface area contributed by atoms with E-state index in [2.05, 4.69) is 4.98 Å². The van der Waals surface area contributed by atoms with E-state index in [1.807, 2.05) is 17.0 Å². The van der Waals surface area contributed by atoms with Crippen molar-refractivity contribution < 1.29 is 9.90 Å². The van der Waals surface area contributed by atoms with E-state index in [-0.39, 0.29) is 18.1 Å². The van der Waals surface area contributed by atoms with Gasteiger partial charge in [0, 0.05) is 25.0 Å². The number of likely N-dealkylation sites (tertiary alicyclic amines) is 1. The summed E-state index contributed by atoms with van der Waals surface area (Å²) in [5.41, 5.74) is 0.950. The first-order valence-electron chi connectivity index (χ1n) is 8.10. The van der Waals surface area contributed by atoms with Crippen molar-refractivity contribution >= 4 is 5.91 Å². The fourth-order valence-corrected chi connectivity index (χ4v) is 3.87. The van der Waals surface area contributed by atoms with Crippen LogP contribution in [0, 0.1) is 5.92 Å². The van der Waals surface area contributed by atoms with E-state index in [0.29, 0.717) is 18.9 Å². The molecule has 0 radical (unpaired) electrons. The van der Waals surface area contributed by atoms with Gasteiger partial charge < -0.3 is 10.0 Å². The largest absolute Gasteiger partial charge is 0.391 e. The summed E-state index contributed by atoms with van der Waals surface area (Å²) >= 11 is 0. The molecule has 1 saturated carbocycles. The number of nitrogens with zero attached hydrogens (tertiary/aromatic N) is 2. The van der Waals surface area contributed by atoms with Gasteiger partial charge in [0.2, 0.25) is 5.91 Å². The lowest BCUT2D eigenvalue weighted by molar-refractivity contribution is -0.132. The first kappa shape index (κ1) is 14.5. The van der Waals surface area contributed by atoms with Gasteiger partial charge in [-0.25, -0.2) is 0 Å².